The number of aliphatic hydroxyl groups is 1. The van der Waals surface area contributed by atoms with Crippen molar-refractivity contribution in [2.24, 2.45) is 0 Å². The Kier molecular flexibility index (Phi) is 2.11. The number of hydrogen-bond donors (Lipinski definition) is 1. The summed E-state index contributed by atoms with van der Waals surface area (Å²) in [7, 11) is 0. The van der Waals surface area contributed by atoms with Gasteiger partial charge in [0.1, 0.15) is 0 Å². The van der Waals surface area contributed by atoms with E-state index in [1.807, 2.05) is 0 Å². The SMILES string of the molecule is OC(F)(F)c1ccc(Cl)cc1. The van der Waals surface area contributed by atoms with Gasteiger partial charge >= 0.3 is 6.11 Å². The maximum atomic E-state index is 12.1. The third-order valence-corrected chi connectivity index (χ3v) is 1.44. The number of benzene rings is 1. The van der Waals surface area contributed by atoms with E-state index in [1.165, 1.54) is 12.1 Å². The second kappa shape index (κ2) is 2.75. The summed E-state index contributed by atoms with van der Waals surface area (Å²) in [5, 5.41) is 8.56. The Labute approximate surface area is 67.2 Å². The van der Waals surface area contributed by atoms with Gasteiger partial charge < -0.3 is 5.11 Å². The Morgan fingerprint density at radius 1 is 1.18 bits per heavy atom. The van der Waals surface area contributed by atoms with Crippen molar-refractivity contribution in [3.05, 3.63) is 34.9 Å². The smallest absolute Gasteiger partial charge is 0.332 e. The largest absolute Gasteiger partial charge is 0.380 e. The molecule has 0 aromatic heterocycles. The van der Waals surface area contributed by atoms with Crippen LogP contribution in [-0.4, -0.2) is 5.11 Å². The van der Waals surface area contributed by atoms with E-state index in [1.54, 1.807) is 0 Å². The lowest BCUT2D eigenvalue weighted by Crippen LogP contribution is -2.10. The van der Waals surface area contributed by atoms with Gasteiger partial charge in [-0.05, 0) is 24.3 Å². The minimum absolute atomic E-state index is 0.359. The molecule has 0 aliphatic heterocycles. The third-order valence-electron chi connectivity index (χ3n) is 1.19. The molecule has 0 radical (unpaired) electrons. The minimum Gasteiger partial charge on any atom is -0.332 e. The van der Waals surface area contributed by atoms with E-state index < -0.39 is 11.7 Å². The highest BCUT2D eigenvalue weighted by molar-refractivity contribution is 6.30. The average Bonchev–Trinajstić information content (AvgIpc) is 1.86. The molecule has 0 fully saturated rings. The molecular formula is C7H5ClF2O. The Bertz CT molecular complexity index is 240. The zero-order valence-electron chi connectivity index (χ0n) is 5.39. The predicted molar refractivity (Wildman–Crippen MR) is 37.6 cm³/mol. The van der Waals surface area contributed by atoms with Crippen LogP contribution in [0.2, 0.25) is 5.02 Å². The fraction of sp³-hybridized carbons (Fsp3) is 0.143. The van der Waals surface area contributed by atoms with E-state index in [2.05, 4.69) is 0 Å². The molecule has 0 aliphatic carbocycles. The standard InChI is InChI=1S/C7H5ClF2O/c8-6-3-1-5(2-4-6)7(9,10)11/h1-4,11H. The van der Waals surface area contributed by atoms with Crippen LogP contribution in [-0.2, 0) is 6.11 Å². The van der Waals surface area contributed by atoms with Crippen LogP contribution in [0.5, 0.6) is 0 Å². The molecule has 0 spiro atoms. The van der Waals surface area contributed by atoms with Gasteiger partial charge in [-0.2, -0.15) is 8.78 Å². The summed E-state index contributed by atoms with van der Waals surface area (Å²) in [6.45, 7) is 0. The zero-order chi connectivity index (χ0) is 8.48. The Balaban J connectivity index is 2.99. The molecule has 0 heterocycles. The van der Waals surface area contributed by atoms with Crippen LogP contribution in [0, 0.1) is 0 Å². The molecule has 0 saturated carbocycles. The Morgan fingerprint density at radius 3 is 2.00 bits per heavy atom. The molecule has 1 aromatic carbocycles. The fourth-order valence-electron chi connectivity index (χ4n) is 0.650. The Hall–Kier alpha value is -0.670. The minimum atomic E-state index is -3.77. The second-order valence-corrected chi connectivity index (χ2v) is 2.48. The van der Waals surface area contributed by atoms with Gasteiger partial charge in [0, 0.05) is 5.02 Å². The van der Waals surface area contributed by atoms with Gasteiger partial charge in [-0.3, -0.25) is 0 Å². The lowest BCUT2D eigenvalue weighted by atomic mass is 10.2. The first-order valence-electron chi connectivity index (χ1n) is 2.86. The van der Waals surface area contributed by atoms with Gasteiger partial charge in [-0.25, -0.2) is 0 Å². The topological polar surface area (TPSA) is 20.2 Å². The molecule has 0 atom stereocenters. The maximum absolute atomic E-state index is 12.1. The molecule has 4 heteroatoms. The predicted octanol–water partition coefficient (Wildman–Crippen LogP) is 2.38. The Morgan fingerprint density at radius 2 is 1.64 bits per heavy atom. The van der Waals surface area contributed by atoms with Gasteiger partial charge in [0.15, 0.2) is 0 Å². The van der Waals surface area contributed by atoms with Crippen LogP contribution in [0.4, 0.5) is 8.78 Å². The van der Waals surface area contributed by atoms with E-state index in [0.717, 1.165) is 12.1 Å². The number of halogens is 3. The monoisotopic (exact) mass is 178 g/mol. The lowest BCUT2D eigenvalue weighted by Gasteiger charge is -2.07. The molecule has 1 aromatic rings. The van der Waals surface area contributed by atoms with Crippen molar-refractivity contribution in [1.29, 1.82) is 0 Å². The molecule has 1 rings (SSSR count). The first-order valence-corrected chi connectivity index (χ1v) is 3.24. The van der Waals surface area contributed by atoms with Crippen molar-refractivity contribution in [2.45, 2.75) is 6.11 Å². The molecule has 1 nitrogen and oxygen atoms in total. The highest BCUT2D eigenvalue weighted by Gasteiger charge is 2.26. The quantitative estimate of drug-likeness (QED) is 0.700. The molecule has 0 bridgehead atoms. The first kappa shape index (κ1) is 8.43. The molecule has 0 amide bonds. The average molecular weight is 179 g/mol. The van der Waals surface area contributed by atoms with Gasteiger partial charge in [-0.1, -0.05) is 11.6 Å². The van der Waals surface area contributed by atoms with Crippen LogP contribution in [0.1, 0.15) is 5.56 Å². The normalized spacial score (nSPS) is 11.6. The van der Waals surface area contributed by atoms with E-state index in [4.69, 9.17) is 16.7 Å². The van der Waals surface area contributed by atoms with Crippen molar-refractivity contribution in [3.8, 4) is 0 Å². The second-order valence-electron chi connectivity index (χ2n) is 2.05. The summed E-state index contributed by atoms with van der Waals surface area (Å²) in [4.78, 5) is 0. The maximum Gasteiger partial charge on any atom is 0.380 e. The number of rotatable bonds is 1. The van der Waals surface area contributed by atoms with Gasteiger partial charge in [0.2, 0.25) is 0 Å². The first-order chi connectivity index (χ1) is 5.00. The summed E-state index contributed by atoms with van der Waals surface area (Å²) < 4.78 is 24.2. The molecule has 11 heavy (non-hydrogen) atoms. The summed E-state index contributed by atoms with van der Waals surface area (Å²) in [6.07, 6.45) is -3.77. The van der Waals surface area contributed by atoms with Crippen molar-refractivity contribution >= 4 is 11.6 Å². The third kappa shape index (κ3) is 2.13. The van der Waals surface area contributed by atoms with Crippen LogP contribution >= 0.6 is 11.6 Å². The van der Waals surface area contributed by atoms with E-state index in [-0.39, 0.29) is 0 Å². The highest BCUT2D eigenvalue weighted by Crippen LogP contribution is 2.24. The highest BCUT2D eigenvalue weighted by atomic mass is 35.5. The van der Waals surface area contributed by atoms with Crippen LogP contribution in [0.3, 0.4) is 0 Å². The van der Waals surface area contributed by atoms with Crippen LogP contribution in [0.15, 0.2) is 24.3 Å². The fourth-order valence-corrected chi connectivity index (χ4v) is 0.776. The number of hydrogen-bond acceptors (Lipinski definition) is 1. The lowest BCUT2D eigenvalue weighted by molar-refractivity contribution is -0.208. The van der Waals surface area contributed by atoms with E-state index >= 15 is 0 Å². The summed E-state index contributed by atoms with van der Waals surface area (Å²) in [5.41, 5.74) is -0.457. The van der Waals surface area contributed by atoms with Crippen molar-refractivity contribution < 1.29 is 13.9 Å². The van der Waals surface area contributed by atoms with Crippen molar-refractivity contribution in [2.75, 3.05) is 0 Å². The van der Waals surface area contributed by atoms with Gasteiger partial charge in [-0.15, -0.1) is 0 Å². The van der Waals surface area contributed by atoms with Crippen molar-refractivity contribution in [3.63, 3.8) is 0 Å². The molecule has 0 aliphatic rings. The van der Waals surface area contributed by atoms with Crippen LogP contribution < -0.4 is 0 Å². The van der Waals surface area contributed by atoms with E-state index in [9.17, 15) is 8.78 Å². The van der Waals surface area contributed by atoms with Crippen molar-refractivity contribution in [1.82, 2.24) is 0 Å². The molecular weight excluding hydrogens is 174 g/mol. The summed E-state index contributed by atoms with van der Waals surface area (Å²) in [6, 6.07) is 4.73. The molecule has 60 valence electrons. The summed E-state index contributed by atoms with van der Waals surface area (Å²) in [5.74, 6) is 0. The zero-order valence-corrected chi connectivity index (χ0v) is 6.15. The van der Waals surface area contributed by atoms with Crippen LogP contribution in [0.25, 0.3) is 0 Å². The van der Waals surface area contributed by atoms with Gasteiger partial charge in [0.25, 0.3) is 0 Å². The number of alkyl halides is 2. The van der Waals surface area contributed by atoms with E-state index in [0.29, 0.717) is 5.02 Å². The molecule has 0 saturated heterocycles. The molecule has 1 N–H and O–H groups in total. The molecule has 0 unspecified atom stereocenters. The summed E-state index contributed by atoms with van der Waals surface area (Å²) >= 11 is 5.44. The van der Waals surface area contributed by atoms with Gasteiger partial charge in [0.05, 0.1) is 5.56 Å².